The van der Waals surface area contributed by atoms with Crippen molar-refractivity contribution in [1.82, 2.24) is 0 Å². The maximum atomic E-state index is 6.35. The molecule has 0 N–H and O–H groups in total. The van der Waals surface area contributed by atoms with E-state index in [4.69, 9.17) is 11.6 Å². The van der Waals surface area contributed by atoms with Gasteiger partial charge >= 0.3 is 0 Å². The lowest BCUT2D eigenvalue weighted by molar-refractivity contribution is 1.64. The molecule has 0 atom stereocenters. The van der Waals surface area contributed by atoms with Crippen molar-refractivity contribution < 1.29 is 0 Å². The molecule has 0 fully saturated rings. The second kappa shape index (κ2) is 6.98. The highest BCUT2D eigenvalue weighted by atomic mass is 35.5. The summed E-state index contributed by atoms with van der Waals surface area (Å²) in [6, 6.07) is 36.5. The molecule has 5 aromatic carbocycles. The number of rotatable bonds is 2. The van der Waals surface area contributed by atoms with Crippen LogP contribution in [-0.2, 0) is 0 Å². The van der Waals surface area contributed by atoms with E-state index in [2.05, 4.69) is 91.0 Å². The molecule has 1 heterocycles. The van der Waals surface area contributed by atoms with E-state index < -0.39 is 0 Å². The maximum absolute atomic E-state index is 6.35. The molecule has 0 amide bonds. The molecule has 0 spiro atoms. The Bertz CT molecular complexity index is 1540. The molecular weight excluding hydrogens is 404 g/mol. The lowest BCUT2D eigenvalue weighted by Crippen LogP contribution is -1.83. The van der Waals surface area contributed by atoms with E-state index in [1.54, 1.807) is 0 Å². The van der Waals surface area contributed by atoms with Crippen molar-refractivity contribution in [2.24, 2.45) is 0 Å². The standard InChI is InChI=1S/C28H17ClS/c29-21-11-6-10-20(17-21)22-15-16-24(18-7-2-1-3-8-18)28-26(22)25-14-13-19-9-4-5-12-23(19)27(25)30-28/h1-17H. The second-order valence-corrected chi connectivity index (χ2v) is 8.96. The molecule has 0 unspecified atom stereocenters. The summed E-state index contributed by atoms with van der Waals surface area (Å²) >= 11 is 8.24. The maximum Gasteiger partial charge on any atom is 0.0440 e. The SMILES string of the molecule is Clc1cccc(-c2ccc(-c3ccccc3)c3sc4c5ccccc5ccc4c23)c1. The van der Waals surface area contributed by atoms with Gasteiger partial charge in [0.15, 0.2) is 0 Å². The summed E-state index contributed by atoms with van der Waals surface area (Å²) in [6.45, 7) is 0. The van der Waals surface area contributed by atoms with Crippen molar-refractivity contribution in [1.29, 1.82) is 0 Å². The quantitative estimate of drug-likeness (QED) is 0.262. The zero-order chi connectivity index (χ0) is 20.1. The Morgan fingerprint density at radius 1 is 0.533 bits per heavy atom. The number of thiophene rings is 1. The van der Waals surface area contributed by atoms with Gasteiger partial charge in [0.25, 0.3) is 0 Å². The minimum absolute atomic E-state index is 0.762. The van der Waals surface area contributed by atoms with Crippen LogP contribution < -0.4 is 0 Å². The van der Waals surface area contributed by atoms with Crippen LogP contribution in [-0.4, -0.2) is 0 Å². The molecule has 0 nitrogen and oxygen atoms in total. The molecule has 0 bridgehead atoms. The zero-order valence-corrected chi connectivity index (χ0v) is 17.7. The second-order valence-electron chi connectivity index (χ2n) is 7.51. The van der Waals surface area contributed by atoms with Gasteiger partial charge in [0.2, 0.25) is 0 Å². The number of halogens is 1. The van der Waals surface area contributed by atoms with Crippen molar-refractivity contribution in [3.8, 4) is 22.3 Å². The Balaban J connectivity index is 1.79. The molecule has 2 heteroatoms. The summed E-state index contributed by atoms with van der Waals surface area (Å²) in [5.41, 5.74) is 4.91. The van der Waals surface area contributed by atoms with Crippen LogP contribution in [0.2, 0.25) is 5.02 Å². The van der Waals surface area contributed by atoms with E-state index in [9.17, 15) is 0 Å². The minimum atomic E-state index is 0.762. The van der Waals surface area contributed by atoms with E-state index in [1.807, 2.05) is 23.5 Å². The Labute approximate surface area is 184 Å². The average Bonchev–Trinajstić information content (AvgIpc) is 3.19. The molecule has 1 aromatic heterocycles. The van der Waals surface area contributed by atoms with E-state index in [0.717, 1.165) is 10.6 Å². The van der Waals surface area contributed by atoms with Gasteiger partial charge in [-0.1, -0.05) is 103 Å². The molecule has 6 aromatic rings. The Morgan fingerprint density at radius 2 is 1.30 bits per heavy atom. The van der Waals surface area contributed by atoms with Crippen LogP contribution in [0.25, 0.3) is 53.2 Å². The predicted octanol–water partition coefficient (Wildman–Crippen LogP) is 9.20. The zero-order valence-electron chi connectivity index (χ0n) is 16.1. The van der Waals surface area contributed by atoms with Crippen molar-refractivity contribution in [3.63, 3.8) is 0 Å². The summed E-state index contributed by atoms with van der Waals surface area (Å²) < 4.78 is 2.67. The van der Waals surface area contributed by atoms with E-state index >= 15 is 0 Å². The Morgan fingerprint density at radius 3 is 2.17 bits per heavy atom. The minimum Gasteiger partial charge on any atom is -0.134 e. The smallest absolute Gasteiger partial charge is 0.0440 e. The fourth-order valence-electron chi connectivity index (χ4n) is 4.35. The third kappa shape index (κ3) is 2.74. The summed E-state index contributed by atoms with van der Waals surface area (Å²) in [5, 5.41) is 5.97. The highest BCUT2D eigenvalue weighted by molar-refractivity contribution is 7.27. The molecule has 0 saturated carbocycles. The van der Waals surface area contributed by atoms with Gasteiger partial charge in [-0.3, -0.25) is 0 Å². The molecule has 6 rings (SSSR count). The summed E-state index contributed by atoms with van der Waals surface area (Å²) in [7, 11) is 0. The van der Waals surface area contributed by atoms with Gasteiger partial charge in [0.05, 0.1) is 0 Å². The van der Waals surface area contributed by atoms with Crippen molar-refractivity contribution >= 4 is 53.9 Å². The van der Waals surface area contributed by atoms with Crippen LogP contribution in [0.1, 0.15) is 0 Å². The first-order chi connectivity index (χ1) is 14.8. The molecule has 0 saturated heterocycles. The molecule has 0 aliphatic rings. The van der Waals surface area contributed by atoms with E-state index in [1.165, 1.54) is 47.6 Å². The molecule has 0 aliphatic carbocycles. The topological polar surface area (TPSA) is 0 Å². The van der Waals surface area contributed by atoms with Crippen molar-refractivity contribution in [2.75, 3.05) is 0 Å². The number of fused-ring (bicyclic) bond motifs is 5. The number of benzene rings is 5. The first-order valence-electron chi connectivity index (χ1n) is 9.98. The summed E-state index contributed by atoms with van der Waals surface area (Å²) in [5.74, 6) is 0. The summed E-state index contributed by atoms with van der Waals surface area (Å²) in [6.07, 6.45) is 0. The average molecular weight is 421 g/mol. The first-order valence-corrected chi connectivity index (χ1v) is 11.2. The van der Waals surface area contributed by atoms with Crippen LogP contribution in [0.5, 0.6) is 0 Å². The summed E-state index contributed by atoms with van der Waals surface area (Å²) in [4.78, 5) is 0. The Kier molecular flexibility index (Phi) is 4.12. The molecule has 142 valence electrons. The van der Waals surface area contributed by atoms with Gasteiger partial charge in [-0.25, -0.2) is 0 Å². The first kappa shape index (κ1) is 17.7. The highest BCUT2D eigenvalue weighted by Crippen LogP contribution is 2.46. The number of hydrogen-bond acceptors (Lipinski definition) is 1. The highest BCUT2D eigenvalue weighted by Gasteiger charge is 2.17. The Hall–Kier alpha value is -3.13. The van der Waals surface area contributed by atoms with Gasteiger partial charge < -0.3 is 0 Å². The van der Waals surface area contributed by atoms with Gasteiger partial charge in [-0.05, 0) is 45.2 Å². The van der Waals surface area contributed by atoms with E-state index in [-0.39, 0.29) is 0 Å². The van der Waals surface area contributed by atoms with Gasteiger partial charge in [0.1, 0.15) is 0 Å². The van der Waals surface area contributed by atoms with Gasteiger partial charge in [0, 0.05) is 25.2 Å². The van der Waals surface area contributed by atoms with Crippen LogP contribution in [0.3, 0.4) is 0 Å². The van der Waals surface area contributed by atoms with Gasteiger partial charge in [-0.2, -0.15) is 0 Å². The van der Waals surface area contributed by atoms with Crippen molar-refractivity contribution in [3.05, 3.63) is 108 Å². The van der Waals surface area contributed by atoms with Crippen LogP contribution >= 0.6 is 22.9 Å². The largest absolute Gasteiger partial charge is 0.134 e. The van der Waals surface area contributed by atoms with Gasteiger partial charge in [-0.15, -0.1) is 11.3 Å². The molecular formula is C28H17ClS. The fraction of sp³-hybridized carbons (Fsp3) is 0. The van der Waals surface area contributed by atoms with E-state index in [0.29, 0.717) is 0 Å². The fourth-order valence-corrected chi connectivity index (χ4v) is 5.94. The number of hydrogen-bond donors (Lipinski definition) is 0. The third-order valence-electron chi connectivity index (χ3n) is 5.73. The molecule has 0 aliphatic heterocycles. The van der Waals surface area contributed by atoms with Crippen LogP contribution in [0.4, 0.5) is 0 Å². The van der Waals surface area contributed by atoms with Crippen LogP contribution in [0, 0.1) is 0 Å². The lowest BCUT2D eigenvalue weighted by atomic mass is 9.94. The third-order valence-corrected chi connectivity index (χ3v) is 7.24. The lowest BCUT2D eigenvalue weighted by Gasteiger charge is -2.10. The monoisotopic (exact) mass is 420 g/mol. The predicted molar refractivity (Wildman–Crippen MR) is 133 cm³/mol. The normalized spacial score (nSPS) is 11.5. The van der Waals surface area contributed by atoms with Crippen LogP contribution in [0.15, 0.2) is 103 Å². The van der Waals surface area contributed by atoms with Crippen molar-refractivity contribution in [2.45, 2.75) is 0 Å². The molecule has 30 heavy (non-hydrogen) atoms. The molecule has 0 radical (unpaired) electrons.